The first-order valence-corrected chi connectivity index (χ1v) is 9.61. The largest absolute Gasteiger partial charge is 0.444 e. The number of aliphatic imine (C=N–C) groups is 1. The number of nitrogens with one attached hydrogen (secondary N) is 3. The van der Waals surface area contributed by atoms with Gasteiger partial charge < -0.3 is 25.6 Å². The van der Waals surface area contributed by atoms with E-state index in [-0.39, 0.29) is 36.1 Å². The zero-order chi connectivity index (χ0) is 19.7. The first-order chi connectivity index (χ1) is 12.9. The smallest absolute Gasteiger partial charge is 0.407 e. The Kier molecular flexibility index (Phi) is 10.4. The van der Waals surface area contributed by atoms with Gasteiger partial charge in [-0.15, -0.1) is 24.0 Å². The van der Waals surface area contributed by atoms with Crippen LogP contribution in [0.25, 0.3) is 0 Å². The van der Waals surface area contributed by atoms with E-state index in [1.807, 2.05) is 39.0 Å². The second-order valence-electron chi connectivity index (χ2n) is 7.70. The van der Waals surface area contributed by atoms with Crippen LogP contribution >= 0.6 is 24.0 Å². The van der Waals surface area contributed by atoms with Crippen LogP contribution in [0.15, 0.2) is 35.3 Å². The van der Waals surface area contributed by atoms with Crippen LogP contribution in [0.3, 0.4) is 0 Å². The molecule has 1 atom stereocenters. The minimum Gasteiger partial charge on any atom is -0.444 e. The molecule has 7 nitrogen and oxygen atoms in total. The average molecular weight is 503 g/mol. The van der Waals surface area contributed by atoms with E-state index in [9.17, 15) is 4.79 Å². The molecule has 0 saturated carbocycles. The molecular weight excluding hydrogens is 469 g/mol. The summed E-state index contributed by atoms with van der Waals surface area (Å²) in [6.45, 7) is 8.94. The van der Waals surface area contributed by atoms with Crippen molar-refractivity contribution in [3.8, 4) is 0 Å². The summed E-state index contributed by atoms with van der Waals surface area (Å²) in [6.07, 6.45) is 1.51. The fourth-order valence-electron chi connectivity index (χ4n) is 2.95. The number of carbonyl (C=O) groups excluding carboxylic acids is 1. The van der Waals surface area contributed by atoms with Gasteiger partial charge in [0.25, 0.3) is 0 Å². The number of carbonyl (C=O) groups is 1. The fourth-order valence-corrected chi connectivity index (χ4v) is 2.95. The van der Waals surface area contributed by atoms with Crippen molar-refractivity contribution in [2.24, 2.45) is 4.99 Å². The Labute approximate surface area is 185 Å². The van der Waals surface area contributed by atoms with Crippen molar-refractivity contribution >= 4 is 41.7 Å². The number of nitrogens with zero attached hydrogens (tertiary/aromatic N) is 2. The molecule has 1 heterocycles. The van der Waals surface area contributed by atoms with Crippen molar-refractivity contribution in [3.63, 3.8) is 0 Å². The van der Waals surface area contributed by atoms with E-state index in [4.69, 9.17) is 4.74 Å². The van der Waals surface area contributed by atoms with Gasteiger partial charge in [-0.2, -0.15) is 0 Å². The summed E-state index contributed by atoms with van der Waals surface area (Å²) >= 11 is 0. The van der Waals surface area contributed by atoms with Crippen molar-refractivity contribution < 1.29 is 9.53 Å². The second kappa shape index (κ2) is 12.0. The molecule has 0 aromatic heterocycles. The van der Waals surface area contributed by atoms with Crippen LogP contribution in [0.5, 0.6) is 0 Å². The molecule has 1 saturated heterocycles. The van der Waals surface area contributed by atoms with Crippen LogP contribution in [-0.2, 0) is 4.74 Å². The molecule has 1 aliphatic heterocycles. The maximum Gasteiger partial charge on any atom is 0.407 e. The van der Waals surface area contributed by atoms with E-state index in [1.165, 1.54) is 0 Å². The van der Waals surface area contributed by atoms with Gasteiger partial charge in [-0.3, -0.25) is 4.99 Å². The van der Waals surface area contributed by atoms with Gasteiger partial charge in [0, 0.05) is 38.9 Å². The molecule has 28 heavy (non-hydrogen) atoms. The number of hydrogen-bond donors (Lipinski definition) is 3. The molecule has 1 amide bonds. The lowest BCUT2D eigenvalue weighted by atomic mass is 10.2. The average Bonchev–Trinajstić information content (AvgIpc) is 3.05. The summed E-state index contributed by atoms with van der Waals surface area (Å²) in [7, 11) is 1.79. The van der Waals surface area contributed by atoms with Gasteiger partial charge in [0.1, 0.15) is 5.60 Å². The highest BCUT2D eigenvalue weighted by Gasteiger charge is 2.27. The summed E-state index contributed by atoms with van der Waals surface area (Å²) in [6, 6.07) is 10.3. The highest BCUT2D eigenvalue weighted by molar-refractivity contribution is 14.0. The zero-order valence-corrected chi connectivity index (χ0v) is 19.7. The first kappa shape index (κ1) is 24.3. The van der Waals surface area contributed by atoms with Crippen LogP contribution in [0.1, 0.15) is 33.6 Å². The van der Waals surface area contributed by atoms with Gasteiger partial charge in [0.2, 0.25) is 0 Å². The van der Waals surface area contributed by atoms with Crippen molar-refractivity contribution in [3.05, 3.63) is 30.3 Å². The van der Waals surface area contributed by atoms with Crippen LogP contribution in [0.4, 0.5) is 10.5 Å². The monoisotopic (exact) mass is 503 g/mol. The molecular formula is C20H34IN5O2. The third-order valence-corrected chi connectivity index (χ3v) is 4.16. The van der Waals surface area contributed by atoms with E-state index < -0.39 is 5.60 Å². The molecule has 3 N–H and O–H groups in total. The molecule has 0 aliphatic carbocycles. The van der Waals surface area contributed by atoms with Gasteiger partial charge >= 0.3 is 6.09 Å². The molecule has 0 radical (unpaired) electrons. The number of para-hydroxylation sites is 1. The Hall–Kier alpha value is -1.71. The zero-order valence-electron chi connectivity index (χ0n) is 17.3. The van der Waals surface area contributed by atoms with Gasteiger partial charge in [0.15, 0.2) is 5.96 Å². The highest BCUT2D eigenvalue weighted by atomic mass is 127. The van der Waals surface area contributed by atoms with Crippen LogP contribution in [0, 0.1) is 0 Å². The molecule has 1 aliphatic rings. The maximum atomic E-state index is 11.9. The van der Waals surface area contributed by atoms with E-state index >= 15 is 0 Å². The number of alkyl carbamates (subject to hydrolysis) is 1. The van der Waals surface area contributed by atoms with E-state index in [1.54, 1.807) is 7.05 Å². The predicted molar refractivity (Wildman–Crippen MR) is 126 cm³/mol. The van der Waals surface area contributed by atoms with Gasteiger partial charge in [-0.1, -0.05) is 18.2 Å². The first-order valence-electron chi connectivity index (χ1n) is 9.61. The van der Waals surface area contributed by atoms with E-state index in [0.29, 0.717) is 0 Å². The predicted octanol–water partition coefficient (Wildman–Crippen LogP) is 3.28. The summed E-state index contributed by atoms with van der Waals surface area (Å²) in [5, 5.41) is 9.74. The molecule has 1 unspecified atom stereocenters. The molecule has 2 rings (SSSR count). The summed E-state index contributed by atoms with van der Waals surface area (Å²) < 4.78 is 5.33. The minimum atomic E-state index is -0.478. The molecule has 1 aromatic rings. The standard InChI is InChI=1S/C20H33N5O2.HI/c1-20(2,3)27-19(26)24-17-11-14-25(15-17)18(21-4)23-13-8-12-22-16-9-6-5-7-10-16;/h5-7,9-10,17,22H,8,11-15H2,1-4H3,(H,21,23)(H,24,26);1H. The Morgan fingerprint density at radius 1 is 1.25 bits per heavy atom. The van der Waals surface area contributed by atoms with Crippen LogP contribution < -0.4 is 16.0 Å². The normalized spacial score (nSPS) is 16.9. The minimum absolute atomic E-state index is 0. The molecule has 0 bridgehead atoms. The topological polar surface area (TPSA) is 78.0 Å². The molecule has 158 valence electrons. The van der Waals surface area contributed by atoms with Crippen molar-refractivity contribution in [2.75, 3.05) is 38.5 Å². The number of benzene rings is 1. The number of likely N-dealkylation sites (tertiary alicyclic amines) is 1. The maximum absolute atomic E-state index is 11.9. The van der Waals surface area contributed by atoms with Gasteiger partial charge in [-0.05, 0) is 45.7 Å². The summed E-state index contributed by atoms with van der Waals surface area (Å²) in [5.41, 5.74) is 0.658. The Bertz CT molecular complexity index is 619. The van der Waals surface area contributed by atoms with E-state index in [2.05, 4.69) is 38.0 Å². The Balaban J connectivity index is 0.00000392. The Morgan fingerprint density at radius 2 is 1.96 bits per heavy atom. The van der Waals surface area contributed by atoms with Gasteiger partial charge in [-0.25, -0.2) is 4.79 Å². The number of hydrogen-bond acceptors (Lipinski definition) is 4. The Morgan fingerprint density at radius 3 is 2.61 bits per heavy atom. The number of ether oxygens (including phenoxy) is 1. The van der Waals surface area contributed by atoms with Crippen molar-refractivity contribution in [1.29, 1.82) is 0 Å². The third-order valence-electron chi connectivity index (χ3n) is 4.16. The number of amides is 1. The molecule has 8 heteroatoms. The third kappa shape index (κ3) is 8.99. The van der Waals surface area contributed by atoms with Gasteiger partial charge in [0.05, 0.1) is 6.04 Å². The highest BCUT2D eigenvalue weighted by Crippen LogP contribution is 2.12. The lowest BCUT2D eigenvalue weighted by Crippen LogP contribution is -2.44. The number of halogens is 1. The van der Waals surface area contributed by atoms with E-state index in [0.717, 1.165) is 50.7 Å². The van der Waals surface area contributed by atoms with Crippen LogP contribution in [-0.4, -0.2) is 61.8 Å². The number of guanidine groups is 1. The second-order valence-corrected chi connectivity index (χ2v) is 7.70. The molecule has 1 fully saturated rings. The lowest BCUT2D eigenvalue weighted by Gasteiger charge is -2.23. The SMILES string of the molecule is CN=C(NCCCNc1ccccc1)N1CCC(NC(=O)OC(C)(C)C)C1.I. The summed E-state index contributed by atoms with van der Waals surface area (Å²) in [5.74, 6) is 0.878. The van der Waals surface area contributed by atoms with Crippen molar-refractivity contribution in [2.45, 2.75) is 45.3 Å². The lowest BCUT2D eigenvalue weighted by molar-refractivity contribution is 0.0507. The van der Waals surface area contributed by atoms with Crippen molar-refractivity contribution in [1.82, 2.24) is 15.5 Å². The number of rotatable bonds is 6. The molecule has 1 aromatic carbocycles. The number of anilines is 1. The molecule has 0 spiro atoms. The van der Waals surface area contributed by atoms with Crippen LogP contribution in [0.2, 0.25) is 0 Å². The quantitative estimate of drug-likeness (QED) is 0.241. The summed E-state index contributed by atoms with van der Waals surface area (Å²) in [4.78, 5) is 18.5. The fraction of sp³-hybridized carbons (Fsp3) is 0.600.